The van der Waals surface area contributed by atoms with Crippen LogP contribution >= 0.6 is 0 Å². The van der Waals surface area contributed by atoms with E-state index in [2.05, 4.69) is 24.2 Å². The molecule has 17 heavy (non-hydrogen) atoms. The van der Waals surface area contributed by atoms with E-state index in [0.717, 1.165) is 18.0 Å². The molecule has 2 rings (SSSR count). The zero-order valence-corrected chi connectivity index (χ0v) is 11.8. The molecule has 3 atom stereocenters. The van der Waals surface area contributed by atoms with E-state index < -0.39 is 0 Å². The van der Waals surface area contributed by atoms with Crippen molar-refractivity contribution in [2.24, 2.45) is 5.92 Å². The van der Waals surface area contributed by atoms with Crippen molar-refractivity contribution in [3.63, 3.8) is 0 Å². The first-order valence-electron chi connectivity index (χ1n) is 7.69. The highest BCUT2D eigenvalue weighted by Gasteiger charge is 2.21. The van der Waals surface area contributed by atoms with Gasteiger partial charge in [-0.1, -0.05) is 26.2 Å². The summed E-state index contributed by atoms with van der Waals surface area (Å²) in [5.74, 6) is 0.958. The lowest BCUT2D eigenvalue weighted by Gasteiger charge is -2.33. The van der Waals surface area contributed by atoms with Crippen LogP contribution in [0.5, 0.6) is 0 Å². The van der Waals surface area contributed by atoms with Gasteiger partial charge in [0.2, 0.25) is 0 Å². The lowest BCUT2D eigenvalue weighted by atomic mass is 10.0. The number of piperidine rings is 1. The van der Waals surface area contributed by atoms with E-state index in [9.17, 15) is 0 Å². The van der Waals surface area contributed by atoms with Gasteiger partial charge in [0, 0.05) is 18.6 Å². The smallest absolute Gasteiger partial charge is 0.0217 e. The van der Waals surface area contributed by atoms with Gasteiger partial charge >= 0.3 is 0 Å². The maximum Gasteiger partial charge on any atom is 0.0217 e. The van der Waals surface area contributed by atoms with E-state index in [4.69, 9.17) is 0 Å². The van der Waals surface area contributed by atoms with Gasteiger partial charge in [0.1, 0.15) is 0 Å². The van der Waals surface area contributed by atoms with E-state index >= 15 is 0 Å². The molecule has 1 aliphatic carbocycles. The van der Waals surface area contributed by atoms with Gasteiger partial charge in [-0.15, -0.1) is 0 Å². The maximum absolute atomic E-state index is 3.84. The summed E-state index contributed by atoms with van der Waals surface area (Å²) in [4.78, 5) is 2.55. The zero-order chi connectivity index (χ0) is 12.1. The van der Waals surface area contributed by atoms with Crippen LogP contribution in [-0.4, -0.2) is 37.1 Å². The van der Waals surface area contributed by atoms with Gasteiger partial charge in [0.15, 0.2) is 0 Å². The fourth-order valence-electron chi connectivity index (χ4n) is 3.40. The van der Waals surface area contributed by atoms with Gasteiger partial charge in [0.05, 0.1) is 0 Å². The average Bonchev–Trinajstić information content (AvgIpc) is 2.53. The minimum atomic E-state index is 0.796. The predicted molar refractivity (Wildman–Crippen MR) is 74.3 cm³/mol. The lowest BCUT2D eigenvalue weighted by molar-refractivity contribution is 0.176. The van der Waals surface area contributed by atoms with Gasteiger partial charge in [-0.25, -0.2) is 0 Å². The van der Waals surface area contributed by atoms with Crippen LogP contribution < -0.4 is 5.32 Å². The molecule has 2 fully saturated rings. The summed E-state index contributed by atoms with van der Waals surface area (Å²) in [6.07, 6.45) is 11.3. The minimum absolute atomic E-state index is 0.796. The molecular weight excluding hydrogens is 208 g/mol. The van der Waals surface area contributed by atoms with Crippen molar-refractivity contribution in [2.45, 2.75) is 70.4 Å². The SMILES string of the molecule is CC1CCCC(NCC2CCCCN2C)CC1. The molecule has 2 nitrogen and oxygen atoms in total. The molecule has 0 amide bonds. The molecule has 1 saturated heterocycles. The number of hydrogen-bond acceptors (Lipinski definition) is 2. The van der Waals surface area contributed by atoms with Crippen molar-refractivity contribution in [3.8, 4) is 0 Å². The molecule has 1 heterocycles. The Balaban J connectivity index is 1.69. The van der Waals surface area contributed by atoms with Crippen LogP contribution in [0.15, 0.2) is 0 Å². The minimum Gasteiger partial charge on any atom is -0.312 e. The molecule has 100 valence electrons. The zero-order valence-electron chi connectivity index (χ0n) is 11.8. The molecule has 0 aromatic rings. The van der Waals surface area contributed by atoms with Crippen molar-refractivity contribution in [3.05, 3.63) is 0 Å². The number of likely N-dealkylation sites (tertiary alicyclic amines) is 1. The van der Waals surface area contributed by atoms with Crippen LogP contribution in [0.25, 0.3) is 0 Å². The summed E-state index contributed by atoms with van der Waals surface area (Å²) in [5.41, 5.74) is 0. The summed E-state index contributed by atoms with van der Waals surface area (Å²) in [6.45, 7) is 4.93. The fraction of sp³-hybridized carbons (Fsp3) is 1.00. The summed E-state index contributed by atoms with van der Waals surface area (Å²) < 4.78 is 0. The second-order valence-electron chi connectivity index (χ2n) is 6.35. The van der Waals surface area contributed by atoms with Crippen molar-refractivity contribution >= 4 is 0 Å². The Hall–Kier alpha value is -0.0800. The van der Waals surface area contributed by atoms with E-state index in [1.54, 1.807) is 0 Å². The van der Waals surface area contributed by atoms with Crippen LogP contribution in [0.4, 0.5) is 0 Å². The molecule has 1 aliphatic heterocycles. The van der Waals surface area contributed by atoms with Crippen molar-refractivity contribution in [2.75, 3.05) is 20.1 Å². The van der Waals surface area contributed by atoms with Gasteiger partial charge < -0.3 is 10.2 Å². The Morgan fingerprint density at radius 3 is 2.71 bits per heavy atom. The number of likely N-dealkylation sites (N-methyl/N-ethyl adjacent to an activating group) is 1. The van der Waals surface area contributed by atoms with Crippen molar-refractivity contribution in [1.29, 1.82) is 0 Å². The molecule has 3 unspecified atom stereocenters. The van der Waals surface area contributed by atoms with Gasteiger partial charge in [-0.2, -0.15) is 0 Å². The average molecular weight is 238 g/mol. The summed E-state index contributed by atoms with van der Waals surface area (Å²) in [7, 11) is 2.29. The normalized spacial score (nSPS) is 36.7. The quantitative estimate of drug-likeness (QED) is 0.760. The van der Waals surface area contributed by atoms with Gasteiger partial charge in [-0.3, -0.25) is 0 Å². The lowest BCUT2D eigenvalue weighted by Crippen LogP contribution is -2.45. The molecule has 0 aromatic carbocycles. The number of nitrogens with one attached hydrogen (secondary N) is 1. The highest BCUT2D eigenvalue weighted by molar-refractivity contribution is 4.80. The highest BCUT2D eigenvalue weighted by Crippen LogP contribution is 2.23. The molecule has 2 aliphatic rings. The maximum atomic E-state index is 3.84. The third-order valence-corrected chi connectivity index (χ3v) is 4.82. The Morgan fingerprint density at radius 1 is 1.00 bits per heavy atom. The van der Waals surface area contributed by atoms with Gasteiger partial charge in [-0.05, 0) is 51.6 Å². The number of rotatable bonds is 3. The Bertz CT molecular complexity index is 217. The van der Waals surface area contributed by atoms with Crippen molar-refractivity contribution < 1.29 is 0 Å². The van der Waals surface area contributed by atoms with Crippen LogP contribution in [0.1, 0.15) is 58.3 Å². The Kier molecular flexibility index (Phi) is 5.30. The molecule has 0 spiro atoms. The van der Waals surface area contributed by atoms with Crippen LogP contribution in [0.2, 0.25) is 0 Å². The number of nitrogens with zero attached hydrogens (tertiary/aromatic N) is 1. The molecule has 0 radical (unpaired) electrons. The second kappa shape index (κ2) is 6.75. The summed E-state index contributed by atoms with van der Waals surface area (Å²) in [5, 5.41) is 3.84. The molecule has 0 aromatic heterocycles. The third-order valence-electron chi connectivity index (χ3n) is 4.82. The molecule has 1 N–H and O–H groups in total. The first-order chi connectivity index (χ1) is 8.25. The Labute approximate surface area is 107 Å². The standard InChI is InChI=1S/C15H30N2/c1-13-6-5-7-14(10-9-13)16-12-15-8-3-4-11-17(15)2/h13-16H,3-12H2,1-2H3. The first kappa shape index (κ1) is 13.4. The fourth-order valence-corrected chi connectivity index (χ4v) is 3.40. The largest absolute Gasteiger partial charge is 0.312 e. The highest BCUT2D eigenvalue weighted by atomic mass is 15.2. The Morgan fingerprint density at radius 2 is 1.88 bits per heavy atom. The molecule has 0 bridgehead atoms. The van der Waals surface area contributed by atoms with E-state index in [0.29, 0.717) is 0 Å². The summed E-state index contributed by atoms with van der Waals surface area (Å²) in [6, 6.07) is 1.60. The first-order valence-corrected chi connectivity index (χ1v) is 7.69. The monoisotopic (exact) mass is 238 g/mol. The number of hydrogen-bond donors (Lipinski definition) is 1. The third kappa shape index (κ3) is 4.26. The van der Waals surface area contributed by atoms with E-state index in [-0.39, 0.29) is 0 Å². The van der Waals surface area contributed by atoms with E-state index in [1.807, 2.05) is 0 Å². The molecule has 1 saturated carbocycles. The summed E-state index contributed by atoms with van der Waals surface area (Å²) >= 11 is 0. The second-order valence-corrected chi connectivity index (χ2v) is 6.35. The van der Waals surface area contributed by atoms with E-state index in [1.165, 1.54) is 64.5 Å². The topological polar surface area (TPSA) is 15.3 Å². The van der Waals surface area contributed by atoms with Crippen LogP contribution in [0.3, 0.4) is 0 Å². The van der Waals surface area contributed by atoms with Crippen LogP contribution in [-0.2, 0) is 0 Å². The van der Waals surface area contributed by atoms with Crippen molar-refractivity contribution in [1.82, 2.24) is 10.2 Å². The van der Waals surface area contributed by atoms with Crippen LogP contribution in [0, 0.1) is 5.92 Å². The molecular formula is C15H30N2. The van der Waals surface area contributed by atoms with Gasteiger partial charge in [0.25, 0.3) is 0 Å². The predicted octanol–water partition coefficient (Wildman–Crippen LogP) is 3.03. The molecule has 2 heteroatoms.